The first-order valence-corrected chi connectivity index (χ1v) is 5.86. The summed E-state index contributed by atoms with van der Waals surface area (Å²) in [6.07, 6.45) is 7.73. The van der Waals surface area contributed by atoms with Crippen LogP contribution in [-0.2, 0) is 4.74 Å². The van der Waals surface area contributed by atoms with Gasteiger partial charge < -0.3 is 21.5 Å². The number of rotatable bonds is 9. The molecule has 0 spiro atoms. The quantitative estimate of drug-likeness (QED) is 0.323. The summed E-state index contributed by atoms with van der Waals surface area (Å²) in [6, 6.07) is 0. The summed E-state index contributed by atoms with van der Waals surface area (Å²) in [5.74, 6) is 0.872. The average molecular weight is 239 g/mol. The monoisotopic (exact) mass is 239 g/mol. The molecule has 4 nitrogen and oxygen atoms in total. The van der Waals surface area contributed by atoms with Gasteiger partial charge in [0.2, 0.25) is 0 Å². The standard InChI is InChI=1S/C13H25N3O/c1-4-5-11(2)6-7-12(10-13(14)15)16-8-9-17-3/h4,7,10-11,16H,1,5-6,8-9,14-15H2,2-3H3/b12-7-. The minimum atomic E-state index is 0.303. The van der Waals surface area contributed by atoms with E-state index in [4.69, 9.17) is 16.2 Å². The van der Waals surface area contributed by atoms with Crippen molar-refractivity contribution in [3.63, 3.8) is 0 Å². The van der Waals surface area contributed by atoms with Gasteiger partial charge in [0.15, 0.2) is 0 Å². The SMILES string of the molecule is C=CCC(C)C/C=C(/C=C(N)N)NCCOC. The molecule has 0 saturated carbocycles. The Morgan fingerprint density at radius 2 is 2.12 bits per heavy atom. The van der Waals surface area contributed by atoms with Gasteiger partial charge in [-0.3, -0.25) is 0 Å². The molecule has 1 atom stereocenters. The smallest absolute Gasteiger partial charge is 0.0954 e. The number of methoxy groups -OCH3 is 1. The van der Waals surface area contributed by atoms with Gasteiger partial charge in [-0.05, 0) is 18.8 Å². The molecular formula is C13H25N3O. The fourth-order valence-electron chi connectivity index (χ4n) is 1.37. The van der Waals surface area contributed by atoms with E-state index < -0.39 is 0 Å². The molecule has 0 heterocycles. The molecule has 0 radical (unpaired) electrons. The molecule has 0 fully saturated rings. The third kappa shape index (κ3) is 9.51. The lowest BCUT2D eigenvalue weighted by Crippen LogP contribution is -2.20. The van der Waals surface area contributed by atoms with Crippen LogP contribution in [0.15, 0.2) is 36.3 Å². The highest BCUT2D eigenvalue weighted by atomic mass is 16.5. The van der Waals surface area contributed by atoms with Crippen LogP contribution in [0.3, 0.4) is 0 Å². The lowest BCUT2D eigenvalue weighted by atomic mass is 10.0. The molecule has 0 aliphatic carbocycles. The molecule has 17 heavy (non-hydrogen) atoms. The van der Waals surface area contributed by atoms with Gasteiger partial charge in [0, 0.05) is 25.4 Å². The molecule has 0 rings (SSSR count). The molecule has 0 aromatic heterocycles. The fraction of sp³-hybridized carbons (Fsp3) is 0.538. The van der Waals surface area contributed by atoms with E-state index in [0.29, 0.717) is 18.3 Å². The van der Waals surface area contributed by atoms with E-state index in [2.05, 4.69) is 24.9 Å². The summed E-state index contributed by atoms with van der Waals surface area (Å²) in [4.78, 5) is 0. The molecule has 0 bridgehead atoms. The molecule has 0 aromatic carbocycles. The van der Waals surface area contributed by atoms with Crippen molar-refractivity contribution >= 4 is 0 Å². The first-order chi connectivity index (χ1) is 8.10. The van der Waals surface area contributed by atoms with E-state index in [-0.39, 0.29) is 0 Å². The number of nitrogens with two attached hydrogens (primary N) is 2. The topological polar surface area (TPSA) is 73.3 Å². The van der Waals surface area contributed by atoms with Gasteiger partial charge in [-0.25, -0.2) is 0 Å². The molecule has 0 amide bonds. The second-order valence-corrected chi connectivity index (χ2v) is 4.09. The first-order valence-electron chi connectivity index (χ1n) is 5.86. The zero-order chi connectivity index (χ0) is 13.1. The molecule has 0 aromatic rings. The Kier molecular flexibility index (Phi) is 8.96. The van der Waals surface area contributed by atoms with Crippen molar-refractivity contribution in [2.75, 3.05) is 20.3 Å². The Labute approximate surface area is 104 Å². The van der Waals surface area contributed by atoms with Crippen LogP contribution in [0.1, 0.15) is 19.8 Å². The Morgan fingerprint density at radius 1 is 1.41 bits per heavy atom. The fourth-order valence-corrected chi connectivity index (χ4v) is 1.37. The molecule has 0 aliphatic rings. The maximum Gasteiger partial charge on any atom is 0.0954 e. The van der Waals surface area contributed by atoms with Crippen molar-refractivity contribution in [3.05, 3.63) is 36.3 Å². The third-order valence-electron chi connectivity index (χ3n) is 2.27. The highest BCUT2D eigenvalue weighted by Gasteiger charge is 1.99. The lowest BCUT2D eigenvalue weighted by molar-refractivity contribution is 0.202. The van der Waals surface area contributed by atoms with Gasteiger partial charge in [-0.1, -0.05) is 19.1 Å². The van der Waals surface area contributed by atoms with Crippen LogP contribution in [-0.4, -0.2) is 20.3 Å². The number of hydrogen-bond acceptors (Lipinski definition) is 4. The summed E-state index contributed by atoms with van der Waals surface area (Å²) < 4.78 is 4.98. The van der Waals surface area contributed by atoms with E-state index >= 15 is 0 Å². The predicted molar refractivity (Wildman–Crippen MR) is 73.0 cm³/mol. The van der Waals surface area contributed by atoms with Crippen molar-refractivity contribution in [1.82, 2.24) is 5.32 Å². The number of ether oxygens (including phenoxy) is 1. The minimum Gasteiger partial charge on any atom is -0.386 e. The predicted octanol–water partition coefficient (Wildman–Crippen LogP) is 1.47. The minimum absolute atomic E-state index is 0.303. The zero-order valence-corrected chi connectivity index (χ0v) is 10.9. The van der Waals surface area contributed by atoms with Crippen molar-refractivity contribution in [1.29, 1.82) is 0 Å². The van der Waals surface area contributed by atoms with Crippen LogP contribution in [0.2, 0.25) is 0 Å². The van der Waals surface area contributed by atoms with Crippen molar-refractivity contribution < 1.29 is 4.74 Å². The first kappa shape index (κ1) is 15.6. The molecule has 0 aliphatic heterocycles. The Bertz CT molecular complexity index is 268. The molecule has 5 N–H and O–H groups in total. The Hall–Kier alpha value is -1.42. The van der Waals surface area contributed by atoms with E-state index in [1.54, 1.807) is 13.2 Å². The van der Waals surface area contributed by atoms with Gasteiger partial charge in [0.1, 0.15) is 0 Å². The van der Waals surface area contributed by atoms with Gasteiger partial charge >= 0.3 is 0 Å². The Balaban J connectivity index is 4.29. The van der Waals surface area contributed by atoms with Gasteiger partial charge in [0.25, 0.3) is 0 Å². The van der Waals surface area contributed by atoms with Crippen molar-refractivity contribution in [3.8, 4) is 0 Å². The van der Waals surface area contributed by atoms with Crippen LogP contribution in [0.4, 0.5) is 0 Å². The average Bonchev–Trinajstić information content (AvgIpc) is 2.25. The van der Waals surface area contributed by atoms with E-state index in [1.165, 1.54) is 0 Å². The maximum atomic E-state index is 5.47. The second kappa shape index (κ2) is 9.78. The zero-order valence-electron chi connectivity index (χ0n) is 10.9. The Morgan fingerprint density at radius 3 is 2.65 bits per heavy atom. The van der Waals surface area contributed by atoms with Crippen molar-refractivity contribution in [2.45, 2.75) is 19.8 Å². The summed E-state index contributed by atoms with van der Waals surface area (Å²) in [5.41, 5.74) is 11.9. The summed E-state index contributed by atoms with van der Waals surface area (Å²) in [6.45, 7) is 7.30. The molecular weight excluding hydrogens is 214 g/mol. The van der Waals surface area contributed by atoms with Gasteiger partial charge in [-0.15, -0.1) is 6.58 Å². The van der Waals surface area contributed by atoms with Crippen LogP contribution in [0.25, 0.3) is 0 Å². The summed E-state index contributed by atoms with van der Waals surface area (Å²) in [7, 11) is 1.67. The van der Waals surface area contributed by atoms with Gasteiger partial charge in [0.05, 0.1) is 12.4 Å². The number of hydrogen-bond donors (Lipinski definition) is 3. The van der Waals surface area contributed by atoms with Gasteiger partial charge in [-0.2, -0.15) is 0 Å². The van der Waals surface area contributed by atoms with Crippen molar-refractivity contribution in [2.24, 2.45) is 17.4 Å². The normalized spacial score (nSPS) is 12.9. The lowest BCUT2D eigenvalue weighted by Gasteiger charge is -2.10. The highest BCUT2D eigenvalue weighted by molar-refractivity contribution is 5.19. The van der Waals surface area contributed by atoms with E-state index in [1.807, 2.05) is 6.08 Å². The largest absolute Gasteiger partial charge is 0.386 e. The second-order valence-electron chi connectivity index (χ2n) is 4.09. The van der Waals surface area contributed by atoms with Crippen LogP contribution in [0, 0.1) is 5.92 Å². The number of nitrogens with one attached hydrogen (secondary N) is 1. The molecule has 0 saturated heterocycles. The third-order valence-corrected chi connectivity index (χ3v) is 2.27. The highest BCUT2D eigenvalue weighted by Crippen LogP contribution is 2.10. The van der Waals surface area contributed by atoms with Crippen LogP contribution < -0.4 is 16.8 Å². The van der Waals surface area contributed by atoms with Crippen LogP contribution in [0.5, 0.6) is 0 Å². The summed E-state index contributed by atoms with van der Waals surface area (Å²) in [5, 5.41) is 3.22. The number of allylic oxidation sites excluding steroid dienone is 3. The molecule has 1 unspecified atom stereocenters. The van der Waals surface area contributed by atoms with E-state index in [0.717, 1.165) is 25.1 Å². The van der Waals surface area contributed by atoms with E-state index in [9.17, 15) is 0 Å². The maximum absolute atomic E-state index is 5.47. The molecule has 4 heteroatoms. The summed E-state index contributed by atoms with van der Waals surface area (Å²) >= 11 is 0. The molecule has 98 valence electrons. The van der Waals surface area contributed by atoms with Crippen LogP contribution >= 0.6 is 0 Å².